The van der Waals surface area contributed by atoms with Gasteiger partial charge < -0.3 is 10.2 Å². The molecular weight excluding hydrogens is 212 g/mol. The molecule has 2 aliphatic heterocycles. The van der Waals surface area contributed by atoms with Crippen molar-refractivity contribution < 1.29 is 4.84 Å². The lowest BCUT2D eigenvalue weighted by Gasteiger charge is -2.41. The van der Waals surface area contributed by atoms with Gasteiger partial charge >= 0.3 is 0 Å². The van der Waals surface area contributed by atoms with Crippen molar-refractivity contribution >= 4 is 0 Å². The Kier molecular flexibility index (Phi) is 2.44. The Morgan fingerprint density at radius 1 is 0.941 bits per heavy atom. The van der Waals surface area contributed by atoms with Gasteiger partial charge in [-0.2, -0.15) is 5.48 Å². The van der Waals surface area contributed by atoms with Crippen LogP contribution in [0.2, 0.25) is 0 Å². The van der Waals surface area contributed by atoms with E-state index in [-0.39, 0.29) is 0 Å². The third-order valence-corrected chi connectivity index (χ3v) is 5.52. The standard InChI is InChI=1S/C14H22N2O/c1-2-4-12-9(3-1)10-5-6-13-11(14(10)15-12)7-8-17-16-13/h7-16H,1-6H2. The molecular formula is C14H22N2O. The van der Waals surface area contributed by atoms with Crippen molar-refractivity contribution in [3.63, 3.8) is 0 Å². The van der Waals surface area contributed by atoms with Crippen molar-refractivity contribution in [3.05, 3.63) is 12.3 Å². The van der Waals surface area contributed by atoms with Crippen LogP contribution in [0.4, 0.5) is 0 Å². The van der Waals surface area contributed by atoms with E-state index < -0.39 is 0 Å². The number of rotatable bonds is 0. The van der Waals surface area contributed by atoms with E-state index >= 15 is 0 Å². The third kappa shape index (κ3) is 1.55. The first-order valence-electron chi connectivity index (χ1n) is 7.27. The van der Waals surface area contributed by atoms with E-state index in [9.17, 15) is 0 Å². The fourth-order valence-corrected chi connectivity index (χ4v) is 4.77. The summed E-state index contributed by atoms with van der Waals surface area (Å²) in [4.78, 5) is 5.25. The molecule has 0 aromatic carbocycles. The molecule has 0 aromatic heterocycles. The predicted octanol–water partition coefficient (Wildman–Crippen LogP) is 1.96. The number of fused-ring (bicyclic) bond motifs is 5. The van der Waals surface area contributed by atoms with Crippen molar-refractivity contribution in [2.75, 3.05) is 0 Å². The fourth-order valence-electron chi connectivity index (χ4n) is 4.77. The highest BCUT2D eigenvalue weighted by Gasteiger charge is 2.50. The SMILES string of the molecule is C1=CC2C(CCC3C4CCCCC4NC23)NO1. The quantitative estimate of drug-likeness (QED) is 0.672. The van der Waals surface area contributed by atoms with Crippen molar-refractivity contribution in [1.29, 1.82) is 0 Å². The summed E-state index contributed by atoms with van der Waals surface area (Å²) in [6.07, 6.45) is 12.5. The normalized spacial score (nSPS) is 52.2. The molecule has 2 heterocycles. The van der Waals surface area contributed by atoms with Gasteiger partial charge in [0.05, 0.1) is 6.04 Å². The first-order valence-corrected chi connectivity index (χ1v) is 7.27. The topological polar surface area (TPSA) is 33.3 Å². The minimum atomic E-state index is 0.536. The van der Waals surface area contributed by atoms with E-state index in [1.165, 1.54) is 38.5 Å². The van der Waals surface area contributed by atoms with E-state index in [0.717, 1.165) is 17.9 Å². The van der Waals surface area contributed by atoms with Gasteiger partial charge in [0, 0.05) is 18.0 Å². The molecule has 0 radical (unpaired) electrons. The Labute approximate surface area is 103 Å². The van der Waals surface area contributed by atoms with Crippen molar-refractivity contribution in [3.8, 4) is 0 Å². The first-order chi connectivity index (χ1) is 8.43. The van der Waals surface area contributed by atoms with Crippen LogP contribution in [0.1, 0.15) is 38.5 Å². The zero-order valence-corrected chi connectivity index (χ0v) is 10.3. The van der Waals surface area contributed by atoms with Gasteiger partial charge in [0.15, 0.2) is 0 Å². The van der Waals surface area contributed by atoms with Crippen LogP contribution in [0.3, 0.4) is 0 Å². The molecule has 6 unspecified atom stereocenters. The predicted molar refractivity (Wildman–Crippen MR) is 66.0 cm³/mol. The molecule has 3 nitrogen and oxygen atoms in total. The summed E-state index contributed by atoms with van der Waals surface area (Å²) in [7, 11) is 0. The Morgan fingerprint density at radius 3 is 2.88 bits per heavy atom. The number of nitrogens with one attached hydrogen (secondary N) is 2. The molecule has 0 amide bonds. The summed E-state index contributed by atoms with van der Waals surface area (Å²) in [6, 6.07) is 2.05. The van der Waals surface area contributed by atoms with Gasteiger partial charge in [0.25, 0.3) is 0 Å². The van der Waals surface area contributed by atoms with E-state index in [0.29, 0.717) is 18.0 Å². The molecule has 94 valence electrons. The molecule has 0 aromatic rings. The lowest BCUT2D eigenvalue weighted by Crippen LogP contribution is -2.52. The Balaban J connectivity index is 1.60. The smallest absolute Gasteiger partial charge is 0.107 e. The number of hydrogen-bond donors (Lipinski definition) is 2. The second-order valence-electron chi connectivity index (χ2n) is 6.24. The van der Waals surface area contributed by atoms with Crippen molar-refractivity contribution in [2.24, 2.45) is 17.8 Å². The number of hydrogen-bond acceptors (Lipinski definition) is 3. The second kappa shape index (κ2) is 3.99. The third-order valence-electron chi connectivity index (χ3n) is 5.52. The Hall–Kier alpha value is -0.540. The van der Waals surface area contributed by atoms with Crippen LogP contribution in [0, 0.1) is 17.8 Å². The molecule has 3 heteroatoms. The van der Waals surface area contributed by atoms with Gasteiger partial charge in [-0.15, -0.1) is 0 Å². The number of hydroxylamine groups is 1. The van der Waals surface area contributed by atoms with Gasteiger partial charge in [-0.1, -0.05) is 12.8 Å². The summed E-state index contributed by atoms with van der Waals surface area (Å²) in [5, 5.41) is 3.95. The molecule has 0 spiro atoms. The van der Waals surface area contributed by atoms with Gasteiger partial charge in [-0.05, 0) is 43.6 Å². The van der Waals surface area contributed by atoms with E-state index in [1.807, 2.05) is 6.26 Å². The molecule has 0 bridgehead atoms. The molecule has 6 atom stereocenters. The van der Waals surface area contributed by atoms with Crippen LogP contribution in [-0.2, 0) is 4.84 Å². The van der Waals surface area contributed by atoms with Crippen LogP contribution < -0.4 is 10.8 Å². The average Bonchev–Trinajstić information content (AvgIpc) is 2.78. The molecule has 2 N–H and O–H groups in total. The van der Waals surface area contributed by atoms with Crippen LogP contribution in [-0.4, -0.2) is 18.1 Å². The highest BCUT2D eigenvalue weighted by atomic mass is 16.6. The zero-order chi connectivity index (χ0) is 11.2. The van der Waals surface area contributed by atoms with Crippen LogP contribution in [0.25, 0.3) is 0 Å². The maximum Gasteiger partial charge on any atom is 0.107 e. The maximum absolute atomic E-state index is 5.25. The molecule has 4 rings (SSSR count). The summed E-state index contributed by atoms with van der Waals surface area (Å²) >= 11 is 0. The first kappa shape index (κ1) is 10.4. The van der Waals surface area contributed by atoms with Crippen LogP contribution in [0.15, 0.2) is 12.3 Å². The zero-order valence-electron chi connectivity index (χ0n) is 10.3. The molecule has 17 heavy (non-hydrogen) atoms. The van der Waals surface area contributed by atoms with Crippen molar-refractivity contribution in [1.82, 2.24) is 10.8 Å². The average molecular weight is 234 g/mol. The van der Waals surface area contributed by atoms with E-state index in [1.54, 1.807) is 0 Å². The summed E-state index contributed by atoms with van der Waals surface area (Å²) < 4.78 is 0. The lowest BCUT2D eigenvalue weighted by atomic mass is 9.68. The Bertz CT molecular complexity index is 330. The minimum absolute atomic E-state index is 0.536. The van der Waals surface area contributed by atoms with E-state index in [2.05, 4.69) is 16.9 Å². The lowest BCUT2D eigenvalue weighted by molar-refractivity contribution is 0.0269. The molecule has 3 fully saturated rings. The van der Waals surface area contributed by atoms with Crippen molar-refractivity contribution in [2.45, 2.75) is 56.7 Å². The molecule has 4 aliphatic rings. The minimum Gasteiger partial charge on any atom is -0.417 e. The maximum atomic E-state index is 5.25. The van der Waals surface area contributed by atoms with Gasteiger partial charge in [-0.25, -0.2) is 0 Å². The summed E-state index contributed by atoms with van der Waals surface area (Å²) in [5.74, 6) is 2.53. The highest BCUT2D eigenvalue weighted by molar-refractivity contribution is 5.11. The van der Waals surface area contributed by atoms with Crippen LogP contribution in [0.5, 0.6) is 0 Å². The molecule has 2 aliphatic carbocycles. The summed E-state index contributed by atoms with van der Waals surface area (Å²) in [6.45, 7) is 0. The summed E-state index contributed by atoms with van der Waals surface area (Å²) in [5.41, 5.74) is 3.19. The van der Waals surface area contributed by atoms with Gasteiger partial charge in [0.1, 0.15) is 6.26 Å². The van der Waals surface area contributed by atoms with Crippen LogP contribution >= 0.6 is 0 Å². The molecule has 2 saturated carbocycles. The second-order valence-corrected chi connectivity index (χ2v) is 6.24. The van der Waals surface area contributed by atoms with Gasteiger partial charge in [-0.3, -0.25) is 0 Å². The van der Waals surface area contributed by atoms with E-state index in [4.69, 9.17) is 4.84 Å². The Morgan fingerprint density at radius 2 is 1.88 bits per heavy atom. The monoisotopic (exact) mass is 234 g/mol. The highest BCUT2D eigenvalue weighted by Crippen LogP contribution is 2.46. The largest absolute Gasteiger partial charge is 0.417 e. The van der Waals surface area contributed by atoms with Gasteiger partial charge in [0.2, 0.25) is 0 Å². The fraction of sp³-hybridized carbons (Fsp3) is 0.857. The molecule has 1 saturated heterocycles.